The van der Waals surface area contributed by atoms with E-state index in [2.05, 4.69) is 32.2 Å². The fourth-order valence-corrected chi connectivity index (χ4v) is 2.17. The quantitative estimate of drug-likeness (QED) is 0.745. The summed E-state index contributed by atoms with van der Waals surface area (Å²) in [5.74, 6) is 0.892. The normalized spacial score (nSPS) is 10.3. The molecule has 2 amide bonds. The Bertz CT molecular complexity index is 440. The van der Waals surface area contributed by atoms with Crippen LogP contribution < -0.4 is 10.1 Å². The maximum Gasteiger partial charge on any atom is 0.317 e. The number of amides is 2. The van der Waals surface area contributed by atoms with Gasteiger partial charge in [-0.1, -0.05) is 26.0 Å². The maximum absolute atomic E-state index is 12.0. The van der Waals surface area contributed by atoms with Gasteiger partial charge in [0.05, 0.1) is 6.54 Å². The largest absolute Gasteiger partial charge is 0.491 e. The van der Waals surface area contributed by atoms with Gasteiger partial charge >= 0.3 is 6.03 Å². The summed E-state index contributed by atoms with van der Waals surface area (Å²) in [5, 5.41) is 2.92. The van der Waals surface area contributed by atoms with Crippen LogP contribution in [0.2, 0.25) is 0 Å². The lowest BCUT2D eigenvalue weighted by atomic mass is 10.1. The molecule has 1 aromatic carbocycles. The molecule has 0 saturated carbocycles. The Morgan fingerprint density at radius 1 is 1.19 bits per heavy atom. The average Bonchev–Trinajstić information content (AvgIpc) is 2.47. The molecule has 1 N–H and O–H groups in total. The number of nitrogens with zero attached hydrogens (tertiary/aromatic N) is 1. The summed E-state index contributed by atoms with van der Waals surface area (Å²) >= 11 is 0. The molecule has 0 radical (unpaired) electrons. The minimum atomic E-state index is 0.00302. The Morgan fingerprint density at radius 3 is 2.48 bits per heavy atom. The number of urea groups is 1. The zero-order valence-corrected chi connectivity index (χ0v) is 13.7. The fraction of sp³-hybridized carbons (Fsp3) is 0.588. The first kappa shape index (κ1) is 17.3. The number of hydrogen-bond acceptors (Lipinski definition) is 2. The van der Waals surface area contributed by atoms with Gasteiger partial charge in [0, 0.05) is 13.1 Å². The van der Waals surface area contributed by atoms with E-state index in [0.717, 1.165) is 37.2 Å². The maximum atomic E-state index is 12.0. The molecule has 118 valence electrons. The third kappa shape index (κ3) is 5.66. The highest BCUT2D eigenvalue weighted by atomic mass is 16.5. The van der Waals surface area contributed by atoms with Crippen molar-refractivity contribution in [1.29, 1.82) is 0 Å². The summed E-state index contributed by atoms with van der Waals surface area (Å²) in [6, 6.07) is 6.02. The number of ether oxygens (including phenoxy) is 1. The summed E-state index contributed by atoms with van der Waals surface area (Å²) in [7, 11) is 0. The van der Waals surface area contributed by atoms with Gasteiger partial charge in [-0.2, -0.15) is 0 Å². The highest BCUT2D eigenvalue weighted by Crippen LogP contribution is 2.20. The molecule has 4 heteroatoms. The van der Waals surface area contributed by atoms with E-state index in [0.29, 0.717) is 13.2 Å². The van der Waals surface area contributed by atoms with E-state index in [1.807, 2.05) is 24.0 Å². The van der Waals surface area contributed by atoms with E-state index in [4.69, 9.17) is 4.74 Å². The van der Waals surface area contributed by atoms with Gasteiger partial charge in [0.2, 0.25) is 0 Å². The Labute approximate surface area is 128 Å². The molecular formula is C17H28N2O2. The second kappa shape index (κ2) is 9.27. The SMILES string of the molecule is CCCN(CCC)C(=O)NCCOc1cccc(C)c1C. The van der Waals surface area contributed by atoms with Gasteiger partial charge < -0.3 is 15.0 Å². The molecule has 0 atom stereocenters. The molecule has 1 rings (SSSR count). The van der Waals surface area contributed by atoms with Gasteiger partial charge in [-0.05, 0) is 43.9 Å². The predicted octanol–water partition coefficient (Wildman–Crippen LogP) is 3.51. The molecule has 0 saturated heterocycles. The van der Waals surface area contributed by atoms with Gasteiger partial charge in [0.1, 0.15) is 12.4 Å². The van der Waals surface area contributed by atoms with E-state index in [1.165, 1.54) is 5.56 Å². The lowest BCUT2D eigenvalue weighted by Crippen LogP contribution is -2.42. The minimum absolute atomic E-state index is 0.00302. The molecule has 0 unspecified atom stereocenters. The van der Waals surface area contributed by atoms with Crippen LogP contribution in [0.1, 0.15) is 37.8 Å². The van der Waals surface area contributed by atoms with Crippen molar-refractivity contribution in [1.82, 2.24) is 10.2 Å². The third-order valence-corrected chi connectivity index (χ3v) is 3.47. The molecule has 1 aromatic rings. The molecule has 0 aliphatic carbocycles. The first-order valence-electron chi connectivity index (χ1n) is 7.81. The number of nitrogens with one attached hydrogen (secondary N) is 1. The number of aryl methyl sites for hydroxylation is 1. The number of benzene rings is 1. The second-order valence-electron chi connectivity index (χ2n) is 5.27. The number of carbonyl (C=O) groups is 1. The molecule has 4 nitrogen and oxygen atoms in total. The number of rotatable bonds is 8. The summed E-state index contributed by atoms with van der Waals surface area (Å²) in [5.41, 5.74) is 2.37. The van der Waals surface area contributed by atoms with Crippen molar-refractivity contribution in [3.8, 4) is 5.75 Å². The molecule has 0 aliphatic heterocycles. The Hall–Kier alpha value is -1.71. The van der Waals surface area contributed by atoms with E-state index in [1.54, 1.807) is 0 Å². The van der Waals surface area contributed by atoms with Crippen molar-refractivity contribution in [2.75, 3.05) is 26.2 Å². The highest BCUT2D eigenvalue weighted by molar-refractivity contribution is 5.74. The van der Waals surface area contributed by atoms with Crippen molar-refractivity contribution in [3.63, 3.8) is 0 Å². The van der Waals surface area contributed by atoms with Crippen molar-refractivity contribution in [2.45, 2.75) is 40.5 Å². The van der Waals surface area contributed by atoms with Gasteiger partial charge in [-0.25, -0.2) is 4.79 Å². The molecule has 0 fully saturated rings. The van der Waals surface area contributed by atoms with Gasteiger partial charge in [0.15, 0.2) is 0 Å². The third-order valence-electron chi connectivity index (χ3n) is 3.47. The van der Waals surface area contributed by atoms with Gasteiger partial charge in [0.25, 0.3) is 0 Å². The fourth-order valence-electron chi connectivity index (χ4n) is 2.17. The van der Waals surface area contributed by atoms with E-state index >= 15 is 0 Å². The molecular weight excluding hydrogens is 264 g/mol. The van der Waals surface area contributed by atoms with Crippen molar-refractivity contribution in [3.05, 3.63) is 29.3 Å². The molecule has 0 aliphatic rings. The highest BCUT2D eigenvalue weighted by Gasteiger charge is 2.10. The van der Waals surface area contributed by atoms with Crippen LogP contribution in [0.15, 0.2) is 18.2 Å². The molecule has 0 heterocycles. The van der Waals surface area contributed by atoms with E-state index in [-0.39, 0.29) is 6.03 Å². The Morgan fingerprint density at radius 2 is 1.86 bits per heavy atom. The number of carbonyl (C=O) groups excluding carboxylic acids is 1. The van der Waals surface area contributed by atoms with Crippen LogP contribution in [0.3, 0.4) is 0 Å². The lowest BCUT2D eigenvalue weighted by Gasteiger charge is -2.22. The molecule has 0 aromatic heterocycles. The predicted molar refractivity (Wildman–Crippen MR) is 87.0 cm³/mol. The van der Waals surface area contributed by atoms with Crippen LogP contribution in [0.4, 0.5) is 4.79 Å². The summed E-state index contributed by atoms with van der Waals surface area (Å²) in [4.78, 5) is 13.9. The smallest absolute Gasteiger partial charge is 0.317 e. The van der Waals surface area contributed by atoms with Crippen LogP contribution in [-0.2, 0) is 0 Å². The summed E-state index contributed by atoms with van der Waals surface area (Å²) in [6.07, 6.45) is 1.96. The van der Waals surface area contributed by atoms with Gasteiger partial charge in [-0.15, -0.1) is 0 Å². The Kier molecular flexibility index (Phi) is 7.65. The number of hydrogen-bond donors (Lipinski definition) is 1. The first-order chi connectivity index (χ1) is 10.1. The lowest BCUT2D eigenvalue weighted by molar-refractivity contribution is 0.194. The van der Waals surface area contributed by atoms with Gasteiger partial charge in [-0.3, -0.25) is 0 Å². The molecule has 0 spiro atoms. The van der Waals surface area contributed by atoms with Crippen LogP contribution in [0, 0.1) is 13.8 Å². The second-order valence-corrected chi connectivity index (χ2v) is 5.27. The summed E-state index contributed by atoms with van der Waals surface area (Å²) in [6.45, 7) is 10.9. The van der Waals surface area contributed by atoms with Crippen molar-refractivity contribution < 1.29 is 9.53 Å². The van der Waals surface area contributed by atoms with E-state index < -0.39 is 0 Å². The Balaban J connectivity index is 2.36. The zero-order valence-electron chi connectivity index (χ0n) is 13.7. The molecule has 21 heavy (non-hydrogen) atoms. The summed E-state index contributed by atoms with van der Waals surface area (Å²) < 4.78 is 5.73. The van der Waals surface area contributed by atoms with Crippen LogP contribution in [-0.4, -0.2) is 37.2 Å². The minimum Gasteiger partial charge on any atom is -0.491 e. The van der Waals surface area contributed by atoms with Crippen LogP contribution in [0.25, 0.3) is 0 Å². The topological polar surface area (TPSA) is 41.6 Å². The zero-order chi connectivity index (χ0) is 15.7. The van der Waals surface area contributed by atoms with E-state index in [9.17, 15) is 4.79 Å². The van der Waals surface area contributed by atoms with Crippen molar-refractivity contribution in [2.24, 2.45) is 0 Å². The standard InChI is InChI=1S/C17H28N2O2/c1-5-11-19(12-6-2)17(20)18-10-13-21-16-9-7-8-14(3)15(16)4/h7-9H,5-6,10-13H2,1-4H3,(H,18,20). The van der Waals surface area contributed by atoms with Crippen molar-refractivity contribution >= 4 is 6.03 Å². The van der Waals surface area contributed by atoms with Crippen LogP contribution >= 0.6 is 0 Å². The monoisotopic (exact) mass is 292 g/mol. The van der Waals surface area contributed by atoms with Crippen LogP contribution in [0.5, 0.6) is 5.75 Å². The average molecular weight is 292 g/mol. The first-order valence-corrected chi connectivity index (χ1v) is 7.81. The molecule has 0 bridgehead atoms.